The summed E-state index contributed by atoms with van der Waals surface area (Å²) in [6, 6.07) is 9.88. The molecular weight excluding hydrogens is 312 g/mol. The standard InChI is InChI=1S/C16H15ClN6/c1-10-19-16(23(20-10)14-7-8-18-22(14)3)13-9-11-5-4-6-12(17)15(11)21(13)2/h4-9H,1-3H3. The zero-order chi connectivity index (χ0) is 16.1. The molecule has 0 atom stereocenters. The van der Waals surface area contributed by atoms with E-state index in [4.69, 9.17) is 11.6 Å². The number of benzene rings is 1. The van der Waals surface area contributed by atoms with Gasteiger partial charge in [0.05, 0.1) is 22.4 Å². The molecule has 3 heterocycles. The van der Waals surface area contributed by atoms with E-state index in [-0.39, 0.29) is 0 Å². The first-order valence-electron chi connectivity index (χ1n) is 7.22. The minimum atomic E-state index is 0.706. The maximum atomic E-state index is 6.36. The Kier molecular flexibility index (Phi) is 3.02. The molecule has 23 heavy (non-hydrogen) atoms. The van der Waals surface area contributed by atoms with Gasteiger partial charge in [-0.15, -0.1) is 5.10 Å². The third kappa shape index (κ3) is 2.06. The van der Waals surface area contributed by atoms with Gasteiger partial charge in [0.15, 0.2) is 11.6 Å². The van der Waals surface area contributed by atoms with Crippen LogP contribution in [0.15, 0.2) is 36.5 Å². The molecule has 0 radical (unpaired) electrons. The van der Waals surface area contributed by atoms with Crippen molar-refractivity contribution in [2.24, 2.45) is 14.1 Å². The molecule has 6 nitrogen and oxygen atoms in total. The number of para-hydroxylation sites is 1. The zero-order valence-electron chi connectivity index (χ0n) is 13.0. The number of hydrogen-bond donors (Lipinski definition) is 0. The van der Waals surface area contributed by atoms with E-state index in [1.165, 1.54) is 0 Å². The van der Waals surface area contributed by atoms with E-state index in [9.17, 15) is 0 Å². The molecule has 4 rings (SSSR count). The summed E-state index contributed by atoms with van der Waals surface area (Å²) < 4.78 is 5.63. The van der Waals surface area contributed by atoms with Gasteiger partial charge < -0.3 is 4.57 Å². The van der Waals surface area contributed by atoms with Gasteiger partial charge in [0.2, 0.25) is 0 Å². The van der Waals surface area contributed by atoms with Gasteiger partial charge in [0, 0.05) is 25.5 Å². The van der Waals surface area contributed by atoms with Crippen molar-refractivity contribution in [1.82, 2.24) is 29.1 Å². The molecule has 3 aromatic heterocycles. The number of aromatic nitrogens is 6. The quantitative estimate of drug-likeness (QED) is 0.568. The van der Waals surface area contributed by atoms with Crippen LogP contribution in [0.4, 0.5) is 0 Å². The van der Waals surface area contributed by atoms with E-state index in [2.05, 4.69) is 21.2 Å². The highest BCUT2D eigenvalue weighted by Crippen LogP contribution is 2.31. The predicted molar refractivity (Wildman–Crippen MR) is 89.8 cm³/mol. The molecule has 0 spiro atoms. The van der Waals surface area contributed by atoms with Gasteiger partial charge in [-0.05, 0) is 19.1 Å². The van der Waals surface area contributed by atoms with E-state index in [1.54, 1.807) is 10.9 Å². The fraction of sp³-hybridized carbons (Fsp3) is 0.188. The number of nitrogens with zero attached hydrogens (tertiary/aromatic N) is 6. The van der Waals surface area contributed by atoms with E-state index in [0.717, 1.165) is 33.3 Å². The molecule has 0 aliphatic carbocycles. The van der Waals surface area contributed by atoms with Crippen LogP contribution in [0.5, 0.6) is 0 Å². The summed E-state index contributed by atoms with van der Waals surface area (Å²) in [5.41, 5.74) is 1.94. The summed E-state index contributed by atoms with van der Waals surface area (Å²) in [7, 11) is 3.87. The summed E-state index contributed by atoms with van der Waals surface area (Å²) in [6.45, 7) is 1.88. The van der Waals surface area contributed by atoms with Gasteiger partial charge in [0.25, 0.3) is 0 Å². The second-order valence-corrected chi connectivity index (χ2v) is 5.88. The first-order chi connectivity index (χ1) is 11.1. The van der Waals surface area contributed by atoms with Gasteiger partial charge in [0.1, 0.15) is 5.82 Å². The van der Waals surface area contributed by atoms with Crippen molar-refractivity contribution in [3.8, 4) is 17.3 Å². The summed E-state index contributed by atoms with van der Waals surface area (Å²) in [5, 5.41) is 10.5. The Morgan fingerprint density at radius 2 is 1.96 bits per heavy atom. The van der Waals surface area contributed by atoms with Crippen molar-refractivity contribution < 1.29 is 0 Å². The summed E-state index contributed by atoms with van der Waals surface area (Å²) >= 11 is 6.36. The highest BCUT2D eigenvalue weighted by Gasteiger charge is 2.19. The summed E-state index contributed by atoms with van der Waals surface area (Å²) in [6.07, 6.45) is 1.74. The molecule has 7 heteroatoms. The van der Waals surface area contributed by atoms with Crippen LogP contribution in [0.1, 0.15) is 5.82 Å². The minimum absolute atomic E-state index is 0.706. The molecule has 0 amide bonds. The smallest absolute Gasteiger partial charge is 0.181 e. The van der Waals surface area contributed by atoms with Crippen molar-refractivity contribution in [1.29, 1.82) is 0 Å². The Morgan fingerprint density at radius 3 is 2.65 bits per heavy atom. The number of halogens is 1. The molecule has 0 fully saturated rings. The molecular formula is C16H15ClN6. The monoisotopic (exact) mass is 326 g/mol. The third-order valence-corrected chi connectivity index (χ3v) is 4.27. The summed E-state index contributed by atoms with van der Waals surface area (Å²) in [4.78, 5) is 4.61. The molecule has 0 aliphatic rings. The number of rotatable bonds is 2. The van der Waals surface area contributed by atoms with Gasteiger partial charge in [-0.2, -0.15) is 9.78 Å². The Hall–Kier alpha value is -2.60. The van der Waals surface area contributed by atoms with E-state index < -0.39 is 0 Å². The van der Waals surface area contributed by atoms with Crippen LogP contribution in [0, 0.1) is 6.92 Å². The van der Waals surface area contributed by atoms with Crippen LogP contribution in [-0.2, 0) is 14.1 Å². The molecule has 4 aromatic rings. The van der Waals surface area contributed by atoms with Crippen molar-refractivity contribution in [2.75, 3.05) is 0 Å². The van der Waals surface area contributed by atoms with Crippen molar-refractivity contribution in [3.05, 3.63) is 47.4 Å². The van der Waals surface area contributed by atoms with Crippen LogP contribution in [0.25, 0.3) is 28.2 Å². The summed E-state index contributed by atoms with van der Waals surface area (Å²) in [5.74, 6) is 2.33. The maximum absolute atomic E-state index is 6.36. The lowest BCUT2D eigenvalue weighted by Gasteiger charge is -2.07. The molecule has 0 saturated carbocycles. The molecule has 116 valence electrons. The lowest BCUT2D eigenvalue weighted by Crippen LogP contribution is -2.07. The van der Waals surface area contributed by atoms with Crippen LogP contribution in [-0.4, -0.2) is 29.1 Å². The molecule has 0 unspecified atom stereocenters. The second kappa shape index (κ2) is 4.96. The molecule has 1 aromatic carbocycles. The second-order valence-electron chi connectivity index (χ2n) is 5.47. The lowest BCUT2D eigenvalue weighted by atomic mass is 10.2. The van der Waals surface area contributed by atoms with E-state index >= 15 is 0 Å². The number of hydrogen-bond acceptors (Lipinski definition) is 3. The van der Waals surface area contributed by atoms with E-state index in [0.29, 0.717) is 5.82 Å². The third-order valence-electron chi connectivity index (χ3n) is 3.96. The highest BCUT2D eigenvalue weighted by atomic mass is 35.5. The van der Waals surface area contributed by atoms with Gasteiger partial charge in [-0.1, -0.05) is 23.7 Å². The maximum Gasteiger partial charge on any atom is 0.181 e. The SMILES string of the molecule is Cc1nc(-c2cc3cccc(Cl)c3n2C)n(-c2ccnn2C)n1. The van der Waals surface area contributed by atoms with Crippen molar-refractivity contribution in [2.45, 2.75) is 6.92 Å². The molecule has 0 N–H and O–H groups in total. The average Bonchev–Trinajstić information content (AvgIpc) is 3.17. The average molecular weight is 327 g/mol. The Balaban J connectivity index is 2.01. The van der Waals surface area contributed by atoms with Crippen molar-refractivity contribution >= 4 is 22.5 Å². The fourth-order valence-corrected chi connectivity index (χ4v) is 3.21. The highest BCUT2D eigenvalue weighted by molar-refractivity contribution is 6.35. The molecule has 0 bridgehead atoms. The van der Waals surface area contributed by atoms with Crippen LogP contribution < -0.4 is 0 Å². The zero-order valence-corrected chi connectivity index (χ0v) is 13.8. The normalized spacial score (nSPS) is 11.5. The van der Waals surface area contributed by atoms with Gasteiger partial charge in [-0.25, -0.2) is 4.98 Å². The molecule has 0 aliphatic heterocycles. The van der Waals surface area contributed by atoms with Crippen LogP contribution >= 0.6 is 11.6 Å². The molecule has 0 saturated heterocycles. The first kappa shape index (κ1) is 14.0. The first-order valence-corrected chi connectivity index (χ1v) is 7.60. The fourth-order valence-electron chi connectivity index (χ4n) is 2.90. The van der Waals surface area contributed by atoms with Crippen LogP contribution in [0.2, 0.25) is 5.02 Å². The number of fused-ring (bicyclic) bond motifs is 1. The lowest BCUT2D eigenvalue weighted by molar-refractivity contribution is 0.696. The predicted octanol–water partition coefficient (Wildman–Crippen LogP) is 3.12. The topological polar surface area (TPSA) is 53.5 Å². The largest absolute Gasteiger partial charge is 0.340 e. The number of aryl methyl sites for hydroxylation is 3. The van der Waals surface area contributed by atoms with Gasteiger partial charge >= 0.3 is 0 Å². The Morgan fingerprint density at radius 1 is 1.13 bits per heavy atom. The van der Waals surface area contributed by atoms with E-state index in [1.807, 2.05) is 54.5 Å². The Bertz CT molecular complexity index is 1020. The van der Waals surface area contributed by atoms with Crippen molar-refractivity contribution in [3.63, 3.8) is 0 Å². The minimum Gasteiger partial charge on any atom is -0.340 e. The Labute approximate surface area is 137 Å². The van der Waals surface area contributed by atoms with Gasteiger partial charge in [-0.3, -0.25) is 4.68 Å². The van der Waals surface area contributed by atoms with Crippen LogP contribution in [0.3, 0.4) is 0 Å².